The first kappa shape index (κ1) is 58.0. The number of carbonyl (C=O) groups is 2. The number of aldehydes is 1. The second-order valence-electron chi connectivity index (χ2n) is 13.5. The lowest BCUT2D eigenvalue weighted by Gasteiger charge is -2.25. The van der Waals surface area contributed by atoms with Crippen molar-refractivity contribution in [3.63, 3.8) is 0 Å². The number of aryl methyl sites for hydroxylation is 2. The molecule has 1 aliphatic rings. The molecule has 2 atom stereocenters. The van der Waals surface area contributed by atoms with E-state index in [9.17, 15) is 9.59 Å². The smallest absolute Gasteiger partial charge is 0.255 e. The van der Waals surface area contributed by atoms with E-state index < -0.39 is 0 Å². The van der Waals surface area contributed by atoms with Crippen LogP contribution in [-0.4, -0.2) is 50.5 Å². The van der Waals surface area contributed by atoms with Crippen LogP contribution in [0.25, 0.3) is 6.08 Å². The van der Waals surface area contributed by atoms with Crippen LogP contribution in [0.5, 0.6) is 0 Å². The van der Waals surface area contributed by atoms with Crippen LogP contribution < -0.4 is 5.48 Å². The summed E-state index contributed by atoms with van der Waals surface area (Å²) in [6, 6.07) is 12.7. The van der Waals surface area contributed by atoms with Crippen molar-refractivity contribution in [3.8, 4) is 0 Å². The second-order valence-corrected chi connectivity index (χ2v) is 13.5. The highest BCUT2D eigenvalue weighted by Gasteiger charge is 2.32. The Bertz CT molecular complexity index is 1300. The predicted molar refractivity (Wildman–Crippen MR) is 251 cm³/mol. The molecular weight excluding hydrogens is 705 g/mol. The molecule has 0 saturated heterocycles. The van der Waals surface area contributed by atoms with Crippen molar-refractivity contribution < 1.29 is 19.2 Å². The van der Waals surface area contributed by atoms with Crippen molar-refractivity contribution >= 4 is 18.3 Å². The van der Waals surface area contributed by atoms with E-state index in [4.69, 9.17) is 4.84 Å². The number of allylic oxidation sites excluding steroid dienone is 1. The predicted octanol–water partition coefficient (Wildman–Crippen LogP) is 13.8. The first-order valence-electron chi connectivity index (χ1n) is 22.4. The van der Waals surface area contributed by atoms with Gasteiger partial charge in [-0.05, 0) is 112 Å². The van der Waals surface area contributed by atoms with Crippen LogP contribution in [0.3, 0.4) is 0 Å². The van der Waals surface area contributed by atoms with Gasteiger partial charge in [0.2, 0.25) is 0 Å². The number of nitrogens with one attached hydrogen (secondary N) is 1. The Labute approximate surface area is 352 Å². The minimum Gasteiger partial charge on any atom is -0.385 e. The third-order valence-electron chi connectivity index (χ3n) is 9.47. The number of methoxy groups -OCH3 is 1. The molecule has 3 rings (SSSR count). The highest BCUT2D eigenvalue weighted by Crippen LogP contribution is 2.30. The Hall–Kier alpha value is -3.32. The molecule has 1 amide bonds. The zero-order chi connectivity index (χ0) is 43.9. The number of unbranched alkanes of at least 4 members (excludes halogenated alkanes) is 4. The molecule has 1 aliphatic heterocycles. The normalized spacial score (nSPS) is 11.9. The molecule has 2 aromatic rings. The number of ether oxygens (including phenoxy) is 1. The molecule has 0 bridgehead atoms. The lowest BCUT2D eigenvalue weighted by atomic mass is 9.89. The van der Waals surface area contributed by atoms with Crippen LogP contribution in [0, 0.1) is 5.92 Å². The van der Waals surface area contributed by atoms with E-state index in [1.807, 2.05) is 84.6 Å². The van der Waals surface area contributed by atoms with Crippen LogP contribution in [0.15, 0.2) is 67.8 Å². The molecule has 0 aliphatic carbocycles. The van der Waals surface area contributed by atoms with Crippen molar-refractivity contribution in [2.45, 2.75) is 172 Å². The summed E-state index contributed by atoms with van der Waals surface area (Å²) in [6.07, 6.45) is 20.0. The first-order chi connectivity index (χ1) is 27.8. The highest BCUT2D eigenvalue weighted by molar-refractivity contribution is 5.99. The number of fused-ring (bicyclic) bond motifs is 1. The minimum atomic E-state index is 0.0932. The maximum absolute atomic E-state index is 12.7. The van der Waals surface area contributed by atoms with E-state index in [-0.39, 0.29) is 17.9 Å². The largest absolute Gasteiger partial charge is 0.385 e. The zero-order valence-electron chi connectivity index (χ0n) is 39.1. The highest BCUT2D eigenvalue weighted by atomic mass is 16.6. The van der Waals surface area contributed by atoms with Crippen molar-refractivity contribution in [2.24, 2.45) is 5.92 Å². The first-order valence-corrected chi connectivity index (χ1v) is 22.4. The molecule has 1 N–H and O–H groups in total. The van der Waals surface area contributed by atoms with E-state index in [0.29, 0.717) is 6.61 Å². The van der Waals surface area contributed by atoms with Gasteiger partial charge in [-0.15, -0.1) is 13.2 Å². The SMILES string of the molecule is C=CC(CCC(=C)C)N1Cc2c(CCCC)cccc2C1=O.C=Cc1cccc(CCCCCC)c1CCC(C=O)CCCONC.CC.CC.CC.CCOC. The fourth-order valence-corrected chi connectivity index (χ4v) is 6.34. The minimum absolute atomic E-state index is 0.0932. The summed E-state index contributed by atoms with van der Waals surface area (Å²) >= 11 is 0. The van der Waals surface area contributed by atoms with Gasteiger partial charge in [-0.2, -0.15) is 0 Å². The number of benzene rings is 2. The fourth-order valence-electron chi connectivity index (χ4n) is 6.34. The molecular formula is C51H88N2O4. The standard InChI is InChI=1S/C22H35NO2.C20H27NO.C3H8O.3C2H6/c1-4-6-7-8-12-21-14-9-13-20(5-2)22(21)16-15-19(18-24)11-10-17-25-23-3;1-5-7-9-16-10-8-11-18-19(16)14-21(20(18)22)17(6-2)13-12-15(3)4;1-3-4-2;3*1-2/h5,9,13-14,18-19,23H,2,4,6-8,10-12,15-17H2,1,3H3;6,8,10-11,17H,2-3,5,7,9,12-14H2,1,4H3;3H2,1-2H3;3*1-2H3. The average molecular weight is 793 g/mol. The van der Waals surface area contributed by atoms with E-state index in [2.05, 4.69) is 68.1 Å². The Kier molecular flexibility index (Phi) is 41.6. The zero-order valence-corrected chi connectivity index (χ0v) is 39.1. The lowest BCUT2D eigenvalue weighted by molar-refractivity contribution is -0.111. The van der Waals surface area contributed by atoms with E-state index in [0.717, 1.165) is 81.9 Å². The Morgan fingerprint density at radius 3 is 2.00 bits per heavy atom. The van der Waals surface area contributed by atoms with Gasteiger partial charge in [-0.3, -0.25) is 4.79 Å². The lowest BCUT2D eigenvalue weighted by Crippen LogP contribution is -2.34. The van der Waals surface area contributed by atoms with Crippen LogP contribution in [-0.2, 0) is 40.2 Å². The number of rotatable bonds is 24. The van der Waals surface area contributed by atoms with Gasteiger partial charge >= 0.3 is 0 Å². The van der Waals surface area contributed by atoms with Gasteiger partial charge in [0, 0.05) is 38.8 Å². The molecule has 6 heteroatoms. The van der Waals surface area contributed by atoms with Gasteiger partial charge < -0.3 is 19.3 Å². The van der Waals surface area contributed by atoms with Gasteiger partial charge in [0.05, 0.1) is 12.6 Å². The van der Waals surface area contributed by atoms with Gasteiger partial charge in [0.15, 0.2) is 0 Å². The third-order valence-corrected chi connectivity index (χ3v) is 9.47. The maximum Gasteiger partial charge on any atom is 0.255 e. The summed E-state index contributed by atoms with van der Waals surface area (Å²) in [5.41, 5.74) is 11.3. The molecule has 0 saturated carbocycles. The van der Waals surface area contributed by atoms with Crippen LogP contribution in [0.4, 0.5) is 0 Å². The monoisotopic (exact) mass is 793 g/mol. The Morgan fingerprint density at radius 2 is 1.46 bits per heavy atom. The third kappa shape index (κ3) is 24.9. The van der Waals surface area contributed by atoms with Gasteiger partial charge in [0.1, 0.15) is 6.29 Å². The number of hydrogen-bond donors (Lipinski definition) is 1. The number of hydroxylamine groups is 1. The van der Waals surface area contributed by atoms with Crippen molar-refractivity contribution in [1.29, 1.82) is 0 Å². The summed E-state index contributed by atoms with van der Waals surface area (Å²) in [7, 11) is 3.44. The summed E-state index contributed by atoms with van der Waals surface area (Å²) in [5.74, 6) is 0.256. The molecule has 1 heterocycles. The van der Waals surface area contributed by atoms with Crippen LogP contribution in [0.2, 0.25) is 0 Å². The molecule has 57 heavy (non-hydrogen) atoms. The topological polar surface area (TPSA) is 67.9 Å². The Morgan fingerprint density at radius 1 is 0.842 bits per heavy atom. The summed E-state index contributed by atoms with van der Waals surface area (Å²) in [6.45, 7) is 34.5. The summed E-state index contributed by atoms with van der Waals surface area (Å²) in [4.78, 5) is 31.2. The van der Waals surface area contributed by atoms with Gasteiger partial charge in [0.25, 0.3) is 5.91 Å². The molecule has 2 unspecified atom stereocenters. The molecule has 0 spiro atoms. The number of amides is 1. The van der Waals surface area contributed by atoms with E-state index >= 15 is 0 Å². The molecule has 2 aromatic carbocycles. The van der Waals surface area contributed by atoms with E-state index in [1.54, 1.807) is 14.2 Å². The average Bonchev–Trinajstić information content (AvgIpc) is 3.60. The Balaban J connectivity index is -0.000000837. The van der Waals surface area contributed by atoms with Gasteiger partial charge in [-0.1, -0.05) is 136 Å². The van der Waals surface area contributed by atoms with Crippen molar-refractivity contribution in [3.05, 3.63) is 101 Å². The summed E-state index contributed by atoms with van der Waals surface area (Å²) in [5, 5.41) is 0. The van der Waals surface area contributed by atoms with E-state index in [1.165, 1.54) is 66.3 Å². The maximum atomic E-state index is 12.7. The molecule has 0 radical (unpaired) electrons. The van der Waals surface area contributed by atoms with Crippen molar-refractivity contribution in [2.75, 3.05) is 27.4 Å². The van der Waals surface area contributed by atoms with Crippen molar-refractivity contribution in [1.82, 2.24) is 10.4 Å². The summed E-state index contributed by atoms with van der Waals surface area (Å²) < 4.78 is 4.54. The molecule has 0 aromatic heterocycles. The number of hydrogen-bond acceptors (Lipinski definition) is 5. The second kappa shape index (κ2) is 40.9. The van der Waals surface area contributed by atoms with Crippen LogP contribution in [0.1, 0.15) is 178 Å². The van der Waals surface area contributed by atoms with Gasteiger partial charge in [-0.25, -0.2) is 5.48 Å². The molecule has 0 fully saturated rings. The fraction of sp³-hybridized carbons (Fsp3) is 0.608. The molecule has 326 valence electrons. The molecule has 6 nitrogen and oxygen atoms in total. The number of nitrogens with zero attached hydrogens (tertiary/aromatic N) is 1. The number of carbonyl (C=O) groups excluding carboxylic acids is 2. The quantitative estimate of drug-likeness (QED) is 0.0496. The van der Waals surface area contributed by atoms with Crippen LogP contribution >= 0.6 is 0 Å².